The molecule has 0 atom stereocenters. The Morgan fingerprint density at radius 1 is 0.958 bits per heavy atom. The molecule has 0 amide bonds. The third-order valence-corrected chi connectivity index (χ3v) is 4.51. The molecule has 3 aromatic rings. The molecule has 0 radical (unpaired) electrons. The largest absolute Gasteiger partial charge is 0.341 e. The summed E-state index contributed by atoms with van der Waals surface area (Å²) in [4.78, 5) is 11.5. The SMILES string of the molecule is Cc1ccc(-n2cc(-c3ccnc(N4CCCC4)n3)c(C)n2)cc1. The summed E-state index contributed by atoms with van der Waals surface area (Å²) < 4.78 is 1.92. The number of anilines is 1. The molecule has 4 rings (SSSR count). The second kappa shape index (κ2) is 6.07. The van der Waals surface area contributed by atoms with Crippen LogP contribution in [0.3, 0.4) is 0 Å². The topological polar surface area (TPSA) is 46.8 Å². The number of benzene rings is 1. The van der Waals surface area contributed by atoms with Crippen LogP contribution in [-0.2, 0) is 0 Å². The summed E-state index contributed by atoms with van der Waals surface area (Å²) in [5.74, 6) is 0.826. The van der Waals surface area contributed by atoms with Crippen molar-refractivity contribution in [2.24, 2.45) is 0 Å². The Bertz CT molecular complexity index is 844. The van der Waals surface area contributed by atoms with E-state index in [0.29, 0.717) is 0 Å². The van der Waals surface area contributed by atoms with Crippen LogP contribution in [0.1, 0.15) is 24.1 Å². The van der Waals surface area contributed by atoms with E-state index in [-0.39, 0.29) is 0 Å². The molecule has 0 spiro atoms. The molecule has 1 fully saturated rings. The van der Waals surface area contributed by atoms with Crippen LogP contribution in [-0.4, -0.2) is 32.8 Å². The van der Waals surface area contributed by atoms with Crippen molar-refractivity contribution in [3.8, 4) is 16.9 Å². The van der Waals surface area contributed by atoms with Gasteiger partial charge in [-0.15, -0.1) is 0 Å². The molecule has 1 aliphatic heterocycles. The molecule has 122 valence electrons. The van der Waals surface area contributed by atoms with E-state index < -0.39 is 0 Å². The summed E-state index contributed by atoms with van der Waals surface area (Å²) in [6.07, 6.45) is 6.34. The van der Waals surface area contributed by atoms with E-state index >= 15 is 0 Å². The minimum atomic E-state index is 0.826. The first-order chi connectivity index (χ1) is 11.7. The molecule has 0 bridgehead atoms. The van der Waals surface area contributed by atoms with Crippen molar-refractivity contribution in [1.29, 1.82) is 0 Å². The summed E-state index contributed by atoms with van der Waals surface area (Å²) in [6, 6.07) is 10.3. The monoisotopic (exact) mass is 319 g/mol. The Hall–Kier alpha value is -2.69. The van der Waals surface area contributed by atoms with Crippen molar-refractivity contribution in [1.82, 2.24) is 19.7 Å². The van der Waals surface area contributed by atoms with Gasteiger partial charge in [-0.3, -0.25) is 0 Å². The van der Waals surface area contributed by atoms with Crippen LogP contribution >= 0.6 is 0 Å². The van der Waals surface area contributed by atoms with Crippen molar-refractivity contribution in [2.45, 2.75) is 26.7 Å². The third kappa shape index (κ3) is 2.77. The zero-order valence-electron chi connectivity index (χ0n) is 14.1. The zero-order valence-corrected chi connectivity index (χ0v) is 14.1. The second-order valence-electron chi connectivity index (χ2n) is 6.34. The number of hydrogen-bond donors (Lipinski definition) is 0. The number of nitrogens with zero attached hydrogens (tertiary/aromatic N) is 5. The van der Waals surface area contributed by atoms with Gasteiger partial charge in [0.2, 0.25) is 5.95 Å². The fourth-order valence-corrected chi connectivity index (χ4v) is 3.11. The smallest absolute Gasteiger partial charge is 0.225 e. The van der Waals surface area contributed by atoms with Crippen molar-refractivity contribution < 1.29 is 0 Å². The summed E-state index contributed by atoms with van der Waals surface area (Å²) >= 11 is 0. The highest BCUT2D eigenvalue weighted by Gasteiger charge is 2.17. The van der Waals surface area contributed by atoms with Gasteiger partial charge in [0.25, 0.3) is 0 Å². The molecule has 3 heterocycles. The predicted octanol–water partition coefficient (Wildman–Crippen LogP) is 3.55. The van der Waals surface area contributed by atoms with Gasteiger partial charge in [0.15, 0.2) is 0 Å². The Balaban J connectivity index is 1.69. The second-order valence-corrected chi connectivity index (χ2v) is 6.34. The minimum absolute atomic E-state index is 0.826. The maximum absolute atomic E-state index is 4.77. The van der Waals surface area contributed by atoms with Crippen LogP contribution in [0.2, 0.25) is 0 Å². The van der Waals surface area contributed by atoms with Crippen molar-refractivity contribution in [3.05, 3.63) is 54.0 Å². The van der Waals surface area contributed by atoms with Crippen molar-refractivity contribution in [2.75, 3.05) is 18.0 Å². The van der Waals surface area contributed by atoms with Crippen molar-refractivity contribution >= 4 is 5.95 Å². The van der Waals surface area contributed by atoms with Crippen LogP contribution in [0.15, 0.2) is 42.7 Å². The molecular formula is C19H21N5. The average Bonchev–Trinajstić information content (AvgIpc) is 3.25. The predicted molar refractivity (Wildman–Crippen MR) is 95.5 cm³/mol. The standard InChI is InChI=1S/C19H21N5/c1-14-5-7-16(8-6-14)24-13-17(15(2)22-24)18-9-10-20-19(21-18)23-11-3-4-12-23/h5-10,13H,3-4,11-12H2,1-2H3. The molecule has 5 nitrogen and oxygen atoms in total. The molecule has 1 aliphatic rings. The molecule has 2 aromatic heterocycles. The van der Waals surface area contributed by atoms with Crippen LogP contribution in [0.25, 0.3) is 16.9 Å². The number of aromatic nitrogens is 4. The fraction of sp³-hybridized carbons (Fsp3) is 0.316. The van der Waals surface area contributed by atoms with Crippen LogP contribution < -0.4 is 4.90 Å². The van der Waals surface area contributed by atoms with Crippen LogP contribution in [0.5, 0.6) is 0 Å². The lowest BCUT2D eigenvalue weighted by atomic mass is 10.2. The van der Waals surface area contributed by atoms with Gasteiger partial charge in [0.05, 0.1) is 17.1 Å². The highest BCUT2D eigenvalue weighted by Crippen LogP contribution is 2.24. The maximum atomic E-state index is 4.77. The van der Waals surface area contributed by atoms with Crippen LogP contribution in [0.4, 0.5) is 5.95 Å². The van der Waals surface area contributed by atoms with E-state index in [1.807, 2.05) is 23.9 Å². The van der Waals surface area contributed by atoms with Gasteiger partial charge >= 0.3 is 0 Å². The number of hydrogen-bond acceptors (Lipinski definition) is 4. The molecular weight excluding hydrogens is 298 g/mol. The highest BCUT2D eigenvalue weighted by molar-refractivity contribution is 5.62. The summed E-state index contributed by atoms with van der Waals surface area (Å²) in [7, 11) is 0. The third-order valence-electron chi connectivity index (χ3n) is 4.51. The molecule has 0 N–H and O–H groups in total. The molecule has 1 aromatic carbocycles. The Morgan fingerprint density at radius 2 is 1.71 bits per heavy atom. The van der Waals surface area contributed by atoms with E-state index in [4.69, 9.17) is 4.98 Å². The quantitative estimate of drug-likeness (QED) is 0.741. The van der Waals surface area contributed by atoms with Gasteiger partial charge in [-0.2, -0.15) is 5.10 Å². The van der Waals surface area contributed by atoms with Gasteiger partial charge < -0.3 is 4.90 Å². The molecule has 5 heteroatoms. The normalized spacial score (nSPS) is 14.3. The molecule has 0 unspecified atom stereocenters. The summed E-state index contributed by atoms with van der Waals surface area (Å²) in [6.45, 7) is 6.21. The van der Waals surface area contributed by atoms with E-state index in [0.717, 1.165) is 41.7 Å². The van der Waals surface area contributed by atoms with Gasteiger partial charge in [-0.05, 0) is 44.9 Å². The number of aryl methyl sites for hydroxylation is 2. The Labute approximate surface area is 142 Å². The highest BCUT2D eigenvalue weighted by atomic mass is 15.3. The lowest BCUT2D eigenvalue weighted by Gasteiger charge is -2.15. The van der Waals surface area contributed by atoms with E-state index in [1.54, 1.807) is 0 Å². The van der Waals surface area contributed by atoms with Crippen LogP contribution in [0, 0.1) is 13.8 Å². The van der Waals surface area contributed by atoms with Crippen molar-refractivity contribution in [3.63, 3.8) is 0 Å². The summed E-state index contributed by atoms with van der Waals surface area (Å²) in [5.41, 5.74) is 5.26. The Morgan fingerprint density at radius 3 is 2.46 bits per heavy atom. The molecule has 0 saturated carbocycles. The Kier molecular flexibility index (Phi) is 3.76. The minimum Gasteiger partial charge on any atom is -0.341 e. The lowest BCUT2D eigenvalue weighted by molar-refractivity contribution is 0.862. The fourth-order valence-electron chi connectivity index (χ4n) is 3.11. The number of rotatable bonds is 3. The first kappa shape index (κ1) is 14.9. The van der Waals surface area contributed by atoms with E-state index in [2.05, 4.69) is 52.4 Å². The van der Waals surface area contributed by atoms with E-state index in [1.165, 1.54) is 18.4 Å². The molecule has 1 saturated heterocycles. The van der Waals surface area contributed by atoms with Gasteiger partial charge in [-0.1, -0.05) is 17.7 Å². The molecule has 24 heavy (non-hydrogen) atoms. The zero-order chi connectivity index (χ0) is 16.5. The van der Waals surface area contributed by atoms with Gasteiger partial charge in [0, 0.05) is 31.0 Å². The lowest BCUT2D eigenvalue weighted by Crippen LogP contribution is -2.20. The first-order valence-electron chi connectivity index (χ1n) is 8.42. The molecule has 0 aliphatic carbocycles. The first-order valence-corrected chi connectivity index (χ1v) is 8.42. The maximum Gasteiger partial charge on any atom is 0.225 e. The van der Waals surface area contributed by atoms with E-state index in [9.17, 15) is 0 Å². The van der Waals surface area contributed by atoms with Gasteiger partial charge in [-0.25, -0.2) is 14.6 Å². The van der Waals surface area contributed by atoms with Gasteiger partial charge in [0.1, 0.15) is 0 Å². The average molecular weight is 319 g/mol. The summed E-state index contributed by atoms with van der Waals surface area (Å²) in [5, 5.41) is 4.66.